The fourth-order valence-electron chi connectivity index (χ4n) is 2.45. The molecule has 0 bridgehead atoms. The van der Waals surface area contributed by atoms with Crippen molar-refractivity contribution in [3.05, 3.63) is 60.6 Å². The Morgan fingerprint density at radius 3 is 2.21 bits per heavy atom. The van der Waals surface area contributed by atoms with Crippen LogP contribution in [0.5, 0.6) is 11.5 Å². The molecule has 4 nitrogen and oxygen atoms in total. The molecule has 2 aromatic rings. The van der Waals surface area contributed by atoms with Gasteiger partial charge in [0.2, 0.25) is 0 Å². The number of ether oxygens (including phenoxy) is 2. The summed E-state index contributed by atoms with van der Waals surface area (Å²) in [5.74, 6) is 2.14. The fraction of sp³-hybridized carbons (Fsp3) is 0.417. The lowest BCUT2D eigenvalue weighted by Crippen LogP contribution is -2.02. The first-order chi connectivity index (χ1) is 13.6. The Kier molecular flexibility index (Phi) is 13.1. The molecule has 0 radical (unpaired) electrons. The van der Waals surface area contributed by atoms with Gasteiger partial charge in [-0.3, -0.25) is 0 Å². The number of hydrogen-bond acceptors (Lipinski definition) is 4. The number of methoxy groups -OCH3 is 2. The van der Waals surface area contributed by atoms with Crippen LogP contribution in [0.2, 0.25) is 0 Å². The predicted octanol–water partition coefficient (Wildman–Crippen LogP) is 6.63. The largest absolute Gasteiger partial charge is 0.493 e. The number of aryl methyl sites for hydroxylation is 2. The van der Waals surface area contributed by atoms with Crippen LogP contribution >= 0.6 is 0 Å². The molecule has 1 aromatic carbocycles. The van der Waals surface area contributed by atoms with E-state index in [1.165, 1.54) is 5.57 Å². The van der Waals surface area contributed by atoms with Crippen molar-refractivity contribution in [1.82, 2.24) is 9.97 Å². The highest BCUT2D eigenvalue weighted by atomic mass is 16.5. The van der Waals surface area contributed by atoms with E-state index in [4.69, 9.17) is 9.47 Å². The van der Waals surface area contributed by atoms with Crippen LogP contribution in [0, 0.1) is 6.92 Å². The number of rotatable bonds is 7. The van der Waals surface area contributed by atoms with Crippen LogP contribution in [-0.4, -0.2) is 24.2 Å². The Bertz CT molecular complexity index is 780. The first-order valence-corrected chi connectivity index (χ1v) is 9.82. The van der Waals surface area contributed by atoms with Crippen molar-refractivity contribution in [2.75, 3.05) is 14.2 Å². The van der Waals surface area contributed by atoms with Crippen molar-refractivity contribution in [3.63, 3.8) is 0 Å². The van der Waals surface area contributed by atoms with Gasteiger partial charge in [-0.15, -0.1) is 6.58 Å². The molecule has 28 heavy (non-hydrogen) atoms. The second-order valence-electron chi connectivity index (χ2n) is 5.69. The maximum atomic E-state index is 5.48. The number of benzene rings is 1. The molecule has 2 rings (SSSR count). The number of nitrogens with zero attached hydrogens (tertiary/aromatic N) is 2. The van der Waals surface area contributed by atoms with E-state index >= 15 is 0 Å². The van der Waals surface area contributed by atoms with Gasteiger partial charge in [0.15, 0.2) is 11.5 Å². The maximum Gasteiger partial charge on any atom is 0.187 e. The van der Waals surface area contributed by atoms with E-state index in [2.05, 4.69) is 36.1 Å². The summed E-state index contributed by atoms with van der Waals surface area (Å²) in [4.78, 5) is 9.28. The monoisotopic (exact) mass is 384 g/mol. The fourth-order valence-corrected chi connectivity index (χ4v) is 2.45. The van der Waals surface area contributed by atoms with Gasteiger partial charge in [0.05, 0.1) is 14.2 Å². The molecule has 1 heterocycles. The van der Waals surface area contributed by atoms with Gasteiger partial charge in [-0.1, -0.05) is 51.2 Å². The van der Waals surface area contributed by atoms with E-state index in [0.29, 0.717) is 11.5 Å². The zero-order valence-electron chi connectivity index (χ0n) is 18.6. The molecule has 0 aliphatic carbocycles. The van der Waals surface area contributed by atoms with E-state index in [0.717, 1.165) is 41.7 Å². The van der Waals surface area contributed by atoms with Crippen molar-refractivity contribution in [2.24, 2.45) is 0 Å². The van der Waals surface area contributed by atoms with E-state index < -0.39 is 0 Å². The summed E-state index contributed by atoms with van der Waals surface area (Å²) in [5.41, 5.74) is 2.94. The van der Waals surface area contributed by atoms with Gasteiger partial charge in [-0.05, 0) is 38.8 Å². The number of fused-ring (bicyclic) bond motifs is 1. The van der Waals surface area contributed by atoms with Crippen LogP contribution in [0.25, 0.3) is 10.9 Å². The smallest absolute Gasteiger partial charge is 0.187 e. The van der Waals surface area contributed by atoms with Gasteiger partial charge in [0.1, 0.15) is 11.3 Å². The summed E-state index contributed by atoms with van der Waals surface area (Å²) < 4.78 is 10.8. The Labute approximate surface area is 171 Å². The third-order valence-corrected chi connectivity index (χ3v) is 4.01. The van der Waals surface area contributed by atoms with Crippen molar-refractivity contribution in [1.29, 1.82) is 0 Å². The normalized spacial score (nSPS) is 10.2. The van der Waals surface area contributed by atoms with Crippen LogP contribution < -0.4 is 9.47 Å². The molecule has 154 valence electrons. The topological polar surface area (TPSA) is 44.2 Å². The molecular formula is C24H36N2O2. The lowest BCUT2D eigenvalue weighted by Gasteiger charge is -2.12. The van der Waals surface area contributed by atoms with Gasteiger partial charge in [-0.2, -0.15) is 0 Å². The number of aromatic nitrogens is 2. The molecule has 0 unspecified atom stereocenters. The molecule has 0 aliphatic heterocycles. The Balaban J connectivity index is 0.00000108. The lowest BCUT2D eigenvalue weighted by molar-refractivity contribution is 0.358. The second-order valence-corrected chi connectivity index (χ2v) is 5.69. The van der Waals surface area contributed by atoms with Crippen LogP contribution in [0.3, 0.4) is 0 Å². The Hall–Kier alpha value is -2.62. The molecule has 0 N–H and O–H groups in total. The predicted molar refractivity (Wildman–Crippen MR) is 121 cm³/mol. The first-order valence-electron chi connectivity index (χ1n) is 9.82. The van der Waals surface area contributed by atoms with Gasteiger partial charge in [0.25, 0.3) is 0 Å². The molecule has 0 aliphatic rings. The van der Waals surface area contributed by atoms with Crippen molar-refractivity contribution >= 4 is 10.9 Å². The number of hydrogen-bond donors (Lipinski definition) is 0. The van der Waals surface area contributed by atoms with Crippen LogP contribution in [0.1, 0.15) is 52.1 Å². The first kappa shape index (κ1) is 25.4. The standard InChI is InChI=1S/C18H22N2O2.C4H8.C2H6/c1-6-13(7-2)8-11-16-19-12(3)14-9-10-15(21-4)18(22-5)17(14)20-16;1-3-4-2;1-2/h6-7,9-10H,1,8,11H2,2-5H3;3H,1,4H2,2H3;1-2H3/b13-7+;;. The third kappa shape index (κ3) is 7.18. The highest BCUT2D eigenvalue weighted by molar-refractivity contribution is 5.88. The average molecular weight is 385 g/mol. The quantitative estimate of drug-likeness (QED) is 0.397. The van der Waals surface area contributed by atoms with Crippen LogP contribution in [0.15, 0.2) is 49.1 Å². The van der Waals surface area contributed by atoms with Gasteiger partial charge >= 0.3 is 0 Å². The molecule has 0 fully saturated rings. The Morgan fingerprint density at radius 1 is 1.11 bits per heavy atom. The summed E-state index contributed by atoms with van der Waals surface area (Å²) in [6.45, 7) is 17.4. The van der Waals surface area contributed by atoms with Gasteiger partial charge in [0, 0.05) is 17.5 Å². The zero-order valence-corrected chi connectivity index (χ0v) is 18.6. The highest BCUT2D eigenvalue weighted by Gasteiger charge is 2.14. The summed E-state index contributed by atoms with van der Waals surface area (Å²) in [6.07, 6.45) is 8.53. The van der Waals surface area contributed by atoms with Gasteiger partial charge in [-0.25, -0.2) is 9.97 Å². The number of allylic oxidation sites excluding steroid dienone is 4. The van der Waals surface area contributed by atoms with Crippen LogP contribution in [0.4, 0.5) is 0 Å². The van der Waals surface area contributed by atoms with Crippen molar-refractivity contribution in [2.45, 2.75) is 53.9 Å². The van der Waals surface area contributed by atoms with Crippen LogP contribution in [-0.2, 0) is 6.42 Å². The molecule has 0 amide bonds. The summed E-state index contributed by atoms with van der Waals surface area (Å²) in [5, 5.41) is 0.983. The molecule has 0 atom stereocenters. The minimum absolute atomic E-state index is 0.654. The maximum absolute atomic E-state index is 5.48. The Morgan fingerprint density at radius 2 is 1.75 bits per heavy atom. The lowest BCUT2D eigenvalue weighted by atomic mass is 10.1. The molecule has 0 spiro atoms. The van der Waals surface area contributed by atoms with E-state index in [1.54, 1.807) is 14.2 Å². The minimum atomic E-state index is 0.654. The van der Waals surface area contributed by atoms with E-state index in [1.807, 2.05) is 52.0 Å². The SMILES string of the molecule is C=C/C(=C\C)CCc1nc(C)c2ccc(OC)c(OC)c2n1.C=CCC.CC. The highest BCUT2D eigenvalue weighted by Crippen LogP contribution is 2.35. The summed E-state index contributed by atoms with van der Waals surface area (Å²) >= 11 is 0. The molecule has 4 heteroatoms. The molecule has 1 aromatic heterocycles. The summed E-state index contributed by atoms with van der Waals surface area (Å²) in [6, 6.07) is 3.85. The third-order valence-electron chi connectivity index (χ3n) is 4.01. The van der Waals surface area contributed by atoms with E-state index in [9.17, 15) is 0 Å². The average Bonchev–Trinajstić information content (AvgIpc) is 2.75. The zero-order chi connectivity index (χ0) is 21.5. The molecule has 0 saturated heterocycles. The van der Waals surface area contributed by atoms with E-state index in [-0.39, 0.29) is 0 Å². The van der Waals surface area contributed by atoms with Crippen molar-refractivity contribution < 1.29 is 9.47 Å². The minimum Gasteiger partial charge on any atom is -0.493 e. The second kappa shape index (κ2) is 14.4. The molecular weight excluding hydrogens is 348 g/mol. The summed E-state index contributed by atoms with van der Waals surface area (Å²) in [7, 11) is 3.26. The van der Waals surface area contributed by atoms with Crippen molar-refractivity contribution in [3.8, 4) is 11.5 Å². The molecule has 0 saturated carbocycles. The van der Waals surface area contributed by atoms with Gasteiger partial charge < -0.3 is 9.47 Å².